The molecule has 2 rings (SSSR count). The molecule has 0 bridgehead atoms. The zero-order valence-corrected chi connectivity index (χ0v) is 9.10. The smallest absolute Gasteiger partial charge is 0.271 e. The Morgan fingerprint density at radius 2 is 2.41 bits per heavy atom. The molecule has 0 saturated heterocycles. The van der Waals surface area contributed by atoms with E-state index in [1.165, 1.54) is 12.1 Å². The number of fused-ring (bicyclic) bond motifs is 1. The molecule has 1 heterocycles. The highest BCUT2D eigenvalue weighted by molar-refractivity contribution is 5.79. The second kappa shape index (κ2) is 4.14. The Hall–Kier alpha value is -2.55. The molecule has 2 N–H and O–H groups in total. The number of aromatic nitrogens is 2. The third-order valence-corrected chi connectivity index (χ3v) is 2.28. The summed E-state index contributed by atoms with van der Waals surface area (Å²) in [6.45, 7) is 1.82. The molecule has 0 radical (unpaired) electrons. The molecule has 1 aromatic carbocycles. The zero-order chi connectivity index (χ0) is 12.4. The minimum Gasteiger partial charge on any atom is -0.342 e. The molecule has 1 atom stereocenters. The number of non-ortho nitro benzene ring substituents is 1. The van der Waals surface area contributed by atoms with Crippen molar-refractivity contribution in [2.45, 2.75) is 13.0 Å². The molecule has 2 aromatic rings. The number of hydrogen-bond donors (Lipinski definition) is 2. The standard InChI is InChI=1S/C11H10N4O2/c1-3-7(2)12-11-13-9-5-4-8(15(16)17)6-10(9)14-11/h1,4-7H,2H3,(H2,12,13,14). The van der Waals surface area contributed by atoms with Gasteiger partial charge in [-0.25, -0.2) is 4.98 Å². The van der Waals surface area contributed by atoms with Gasteiger partial charge in [0.05, 0.1) is 22.0 Å². The first kappa shape index (κ1) is 11.0. The quantitative estimate of drug-likeness (QED) is 0.479. The van der Waals surface area contributed by atoms with Gasteiger partial charge in [-0.3, -0.25) is 10.1 Å². The van der Waals surface area contributed by atoms with Crippen LogP contribution in [0.5, 0.6) is 0 Å². The van der Waals surface area contributed by atoms with Crippen LogP contribution < -0.4 is 5.32 Å². The van der Waals surface area contributed by atoms with E-state index in [4.69, 9.17) is 6.42 Å². The maximum absolute atomic E-state index is 10.6. The van der Waals surface area contributed by atoms with E-state index in [2.05, 4.69) is 21.2 Å². The third kappa shape index (κ3) is 2.18. The van der Waals surface area contributed by atoms with Crippen molar-refractivity contribution >= 4 is 22.7 Å². The lowest BCUT2D eigenvalue weighted by atomic mass is 10.3. The number of rotatable bonds is 3. The third-order valence-electron chi connectivity index (χ3n) is 2.28. The number of hydrogen-bond acceptors (Lipinski definition) is 4. The van der Waals surface area contributed by atoms with Crippen LogP contribution in [0.25, 0.3) is 11.0 Å². The molecule has 6 heteroatoms. The van der Waals surface area contributed by atoms with Crippen LogP contribution in [0.15, 0.2) is 18.2 Å². The summed E-state index contributed by atoms with van der Waals surface area (Å²) < 4.78 is 0. The number of nitro groups is 1. The van der Waals surface area contributed by atoms with E-state index in [1.807, 2.05) is 6.92 Å². The minimum atomic E-state index is -0.447. The van der Waals surface area contributed by atoms with Crippen LogP contribution in [-0.4, -0.2) is 20.9 Å². The summed E-state index contributed by atoms with van der Waals surface area (Å²) in [5.41, 5.74) is 1.28. The lowest BCUT2D eigenvalue weighted by Gasteiger charge is -2.03. The van der Waals surface area contributed by atoms with Crippen molar-refractivity contribution in [2.24, 2.45) is 0 Å². The summed E-state index contributed by atoms with van der Waals surface area (Å²) in [5, 5.41) is 13.6. The fourth-order valence-corrected chi connectivity index (χ4v) is 1.43. The highest BCUT2D eigenvalue weighted by Gasteiger charge is 2.09. The Balaban J connectivity index is 2.37. The van der Waals surface area contributed by atoms with Crippen molar-refractivity contribution in [3.8, 4) is 12.3 Å². The van der Waals surface area contributed by atoms with Gasteiger partial charge in [0.2, 0.25) is 5.95 Å². The molecular formula is C11H10N4O2. The molecule has 0 saturated carbocycles. The molecule has 0 spiro atoms. The maximum Gasteiger partial charge on any atom is 0.271 e. The summed E-state index contributed by atoms with van der Waals surface area (Å²) in [5.74, 6) is 3.01. The van der Waals surface area contributed by atoms with E-state index < -0.39 is 4.92 Å². The molecule has 0 aliphatic rings. The predicted molar refractivity (Wildman–Crippen MR) is 64.7 cm³/mol. The second-order valence-electron chi connectivity index (χ2n) is 3.58. The van der Waals surface area contributed by atoms with Gasteiger partial charge in [-0.15, -0.1) is 6.42 Å². The normalized spacial score (nSPS) is 12.0. The summed E-state index contributed by atoms with van der Waals surface area (Å²) in [4.78, 5) is 17.3. The van der Waals surface area contributed by atoms with E-state index >= 15 is 0 Å². The first-order chi connectivity index (χ1) is 8.10. The van der Waals surface area contributed by atoms with Crippen LogP contribution in [0, 0.1) is 22.5 Å². The van der Waals surface area contributed by atoms with Gasteiger partial charge < -0.3 is 10.3 Å². The highest BCUT2D eigenvalue weighted by Crippen LogP contribution is 2.20. The summed E-state index contributed by atoms with van der Waals surface area (Å²) in [7, 11) is 0. The first-order valence-corrected chi connectivity index (χ1v) is 4.97. The Bertz CT molecular complexity index is 611. The number of nitrogens with one attached hydrogen (secondary N) is 2. The molecule has 0 aliphatic heterocycles. The molecule has 1 aromatic heterocycles. The molecule has 0 amide bonds. The number of imidazole rings is 1. The van der Waals surface area contributed by atoms with Gasteiger partial charge in [0.25, 0.3) is 5.69 Å². The summed E-state index contributed by atoms with van der Waals surface area (Å²) >= 11 is 0. The number of aromatic amines is 1. The largest absolute Gasteiger partial charge is 0.342 e. The number of benzene rings is 1. The van der Waals surface area contributed by atoms with Crippen molar-refractivity contribution in [1.82, 2.24) is 9.97 Å². The molecule has 6 nitrogen and oxygen atoms in total. The van der Waals surface area contributed by atoms with Gasteiger partial charge in [-0.05, 0) is 13.0 Å². The Morgan fingerprint density at radius 3 is 3.06 bits per heavy atom. The number of terminal acetylenes is 1. The van der Waals surface area contributed by atoms with E-state index in [0.29, 0.717) is 17.0 Å². The topological polar surface area (TPSA) is 83.8 Å². The van der Waals surface area contributed by atoms with Crippen molar-refractivity contribution in [3.05, 3.63) is 28.3 Å². The highest BCUT2D eigenvalue weighted by atomic mass is 16.6. The van der Waals surface area contributed by atoms with Crippen molar-refractivity contribution < 1.29 is 4.92 Å². The van der Waals surface area contributed by atoms with Crippen molar-refractivity contribution in [3.63, 3.8) is 0 Å². The van der Waals surface area contributed by atoms with E-state index in [1.54, 1.807) is 6.07 Å². The Morgan fingerprint density at radius 1 is 1.65 bits per heavy atom. The summed E-state index contributed by atoms with van der Waals surface area (Å²) in [6.07, 6.45) is 5.23. The average molecular weight is 230 g/mol. The van der Waals surface area contributed by atoms with E-state index in [9.17, 15) is 10.1 Å². The van der Waals surface area contributed by atoms with Gasteiger partial charge >= 0.3 is 0 Å². The second-order valence-corrected chi connectivity index (χ2v) is 3.58. The average Bonchev–Trinajstić information content (AvgIpc) is 2.69. The fraction of sp³-hybridized carbons (Fsp3) is 0.182. The molecule has 1 unspecified atom stereocenters. The van der Waals surface area contributed by atoms with Crippen LogP contribution in [0.1, 0.15) is 6.92 Å². The van der Waals surface area contributed by atoms with Gasteiger partial charge in [-0.1, -0.05) is 5.92 Å². The van der Waals surface area contributed by atoms with E-state index in [-0.39, 0.29) is 11.7 Å². The van der Waals surface area contributed by atoms with Gasteiger partial charge in [-0.2, -0.15) is 0 Å². The van der Waals surface area contributed by atoms with Crippen molar-refractivity contribution in [1.29, 1.82) is 0 Å². The van der Waals surface area contributed by atoms with E-state index in [0.717, 1.165) is 0 Å². The SMILES string of the molecule is C#CC(C)Nc1nc2ccc([N+](=O)[O-])cc2[nH]1. The number of nitro benzene ring substituents is 1. The van der Waals surface area contributed by atoms with Gasteiger partial charge in [0, 0.05) is 12.1 Å². The van der Waals surface area contributed by atoms with Gasteiger partial charge in [0.15, 0.2) is 0 Å². The zero-order valence-electron chi connectivity index (χ0n) is 9.10. The first-order valence-electron chi connectivity index (χ1n) is 4.97. The molecule has 0 aliphatic carbocycles. The number of nitrogens with zero attached hydrogens (tertiary/aromatic N) is 2. The fourth-order valence-electron chi connectivity index (χ4n) is 1.43. The maximum atomic E-state index is 10.6. The van der Waals surface area contributed by atoms with Crippen LogP contribution in [0.2, 0.25) is 0 Å². The van der Waals surface area contributed by atoms with Crippen molar-refractivity contribution in [2.75, 3.05) is 5.32 Å². The molecule has 17 heavy (non-hydrogen) atoms. The monoisotopic (exact) mass is 230 g/mol. The lowest BCUT2D eigenvalue weighted by molar-refractivity contribution is -0.384. The number of anilines is 1. The van der Waals surface area contributed by atoms with Gasteiger partial charge in [0.1, 0.15) is 0 Å². The lowest BCUT2D eigenvalue weighted by Crippen LogP contribution is -2.12. The summed E-state index contributed by atoms with van der Waals surface area (Å²) in [6, 6.07) is 4.28. The van der Waals surface area contributed by atoms with Crippen LogP contribution >= 0.6 is 0 Å². The Labute approximate surface area is 97.2 Å². The molecule has 86 valence electrons. The van der Waals surface area contributed by atoms with Crippen LogP contribution in [0.3, 0.4) is 0 Å². The Kier molecular flexibility index (Phi) is 2.66. The minimum absolute atomic E-state index is 0.0256. The van der Waals surface area contributed by atoms with Crippen LogP contribution in [-0.2, 0) is 0 Å². The predicted octanol–water partition coefficient (Wildman–Crippen LogP) is 1.90. The molecule has 0 fully saturated rings. The molecular weight excluding hydrogens is 220 g/mol. The number of H-pyrrole nitrogens is 1. The van der Waals surface area contributed by atoms with Crippen LogP contribution in [0.4, 0.5) is 11.6 Å².